The molecule has 25 heavy (non-hydrogen) atoms. The van der Waals surface area contributed by atoms with Gasteiger partial charge in [-0.15, -0.1) is 0 Å². The number of halogens is 1. The van der Waals surface area contributed by atoms with Gasteiger partial charge in [-0.2, -0.15) is 5.10 Å². The van der Waals surface area contributed by atoms with E-state index in [-0.39, 0.29) is 11.7 Å². The molecule has 2 aromatic carbocycles. The van der Waals surface area contributed by atoms with Gasteiger partial charge in [0.15, 0.2) is 5.13 Å². The summed E-state index contributed by atoms with van der Waals surface area (Å²) in [6.07, 6.45) is 1.50. The second kappa shape index (κ2) is 6.10. The first-order chi connectivity index (χ1) is 12.1. The Morgan fingerprint density at radius 1 is 1.16 bits per heavy atom. The molecule has 0 fully saturated rings. The van der Waals surface area contributed by atoms with Crippen LogP contribution in [0, 0.1) is 12.7 Å². The number of hydrogen-bond acceptors (Lipinski definition) is 4. The van der Waals surface area contributed by atoms with Gasteiger partial charge in [-0.25, -0.2) is 14.1 Å². The molecule has 4 aromatic rings. The molecule has 0 unspecified atom stereocenters. The zero-order valence-corrected chi connectivity index (χ0v) is 14.0. The predicted molar refractivity (Wildman–Crippen MR) is 95.8 cm³/mol. The number of thiazole rings is 1. The number of rotatable bonds is 3. The lowest BCUT2D eigenvalue weighted by molar-refractivity contribution is 0.102. The van der Waals surface area contributed by atoms with Crippen molar-refractivity contribution in [2.45, 2.75) is 6.92 Å². The normalized spacial score (nSPS) is 11.0. The first kappa shape index (κ1) is 15.5. The third-order valence-corrected chi connectivity index (χ3v) is 4.79. The van der Waals surface area contributed by atoms with Crippen LogP contribution in [-0.4, -0.2) is 20.7 Å². The van der Waals surface area contributed by atoms with Gasteiger partial charge in [-0.05, 0) is 43.3 Å². The van der Waals surface area contributed by atoms with Crippen LogP contribution in [0.3, 0.4) is 0 Å². The van der Waals surface area contributed by atoms with Crippen LogP contribution in [-0.2, 0) is 0 Å². The summed E-state index contributed by atoms with van der Waals surface area (Å²) < 4.78 is 15.7. The maximum absolute atomic E-state index is 13.1. The molecule has 0 aliphatic heterocycles. The van der Waals surface area contributed by atoms with E-state index in [1.807, 2.05) is 24.3 Å². The molecule has 124 valence electrons. The van der Waals surface area contributed by atoms with E-state index in [0.717, 1.165) is 10.2 Å². The lowest BCUT2D eigenvalue weighted by Crippen LogP contribution is -2.12. The highest BCUT2D eigenvalue weighted by Gasteiger charge is 2.17. The Morgan fingerprint density at radius 2 is 1.92 bits per heavy atom. The van der Waals surface area contributed by atoms with Crippen molar-refractivity contribution in [3.8, 4) is 5.69 Å². The summed E-state index contributed by atoms with van der Waals surface area (Å²) in [5, 5.41) is 7.60. The van der Waals surface area contributed by atoms with Crippen molar-refractivity contribution in [3.63, 3.8) is 0 Å². The Hall–Kier alpha value is -3.06. The highest BCUT2D eigenvalue weighted by molar-refractivity contribution is 7.22. The lowest BCUT2D eigenvalue weighted by atomic mass is 10.2. The number of aromatic nitrogens is 3. The number of amides is 1. The fraction of sp³-hybridized carbons (Fsp3) is 0.0556. The van der Waals surface area contributed by atoms with E-state index in [2.05, 4.69) is 15.4 Å². The third kappa shape index (κ3) is 2.89. The van der Waals surface area contributed by atoms with Crippen LogP contribution in [0.1, 0.15) is 16.1 Å². The van der Waals surface area contributed by atoms with Crippen molar-refractivity contribution in [1.82, 2.24) is 14.8 Å². The molecule has 2 heterocycles. The van der Waals surface area contributed by atoms with E-state index >= 15 is 0 Å². The Bertz CT molecular complexity index is 1040. The Morgan fingerprint density at radius 3 is 2.68 bits per heavy atom. The van der Waals surface area contributed by atoms with E-state index in [1.165, 1.54) is 29.7 Å². The van der Waals surface area contributed by atoms with E-state index < -0.39 is 0 Å². The molecule has 1 N–H and O–H groups in total. The standard InChI is InChI=1S/C18H13FN4OS/c1-11-14(10-20-23(11)13-8-6-12(19)7-9-13)17(24)22-18-21-15-4-2-3-5-16(15)25-18/h2-10H,1H3,(H,21,22,24). The minimum absolute atomic E-state index is 0.273. The van der Waals surface area contributed by atoms with Crippen molar-refractivity contribution in [2.75, 3.05) is 5.32 Å². The largest absolute Gasteiger partial charge is 0.298 e. The van der Waals surface area contributed by atoms with Crippen LogP contribution >= 0.6 is 11.3 Å². The maximum Gasteiger partial charge on any atom is 0.260 e. The van der Waals surface area contributed by atoms with Gasteiger partial charge in [0, 0.05) is 0 Å². The number of carbonyl (C=O) groups is 1. The second-order valence-electron chi connectivity index (χ2n) is 5.47. The minimum atomic E-state index is -0.317. The van der Waals surface area contributed by atoms with Gasteiger partial charge in [0.05, 0.1) is 33.4 Å². The number of anilines is 1. The first-order valence-corrected chi connectivity index (χ1v) is 8.41. The fourth-order valence-electron chi connectivity index (χ4n) is 2.57. The molecule has 7 heteroatoms. The molecule has 0 aliphatic carbocycles. The quantitative estimate of drug-likeness (QED) is 0.602. The SMILES string of the molecule is Cc1c(C(=O)Nc2nc3ccccc3s2)cnn1-c1ccc(F)cc1. The molecule has 5 nitrogen and oxygen atoms in total. The molecular weight excluding hydrogens is 339 g/mol. The van der Waals surface area contributed by atoms with E-state index in [1.54, 1.807) is 23.7 Å². The Labute approximate surface area is 146 Å². The van der Waals surface area contributed by atoms with Gasteiger partial charge >= 0.3 is 0 Å². The molecule has 2 aromatic heterocycles. The topological polar surface area (TPSA) is 59.8 Å². The fourth-order valence-corrected chi connectivity index (χ4v) is 3.43. The van der Waals surface area contributed by atoms with E-state index in [9.17, 15) is 9.18 Å². The van der Waals surface area contributed by atoms with Crippen molar-refractivity contribution in [3.05, 3.63) is 71.8 Å². The zero-order valence-electron chi connectivity index (χ0n) is 13.2. The highest BCUT2D eigenvalue weighted by atomic mass is 32.1. The summed E-state index contributed by atoms with van der Waals surface area (Å²) in [7, 11) is 0. The van der Waals surface area contributed by atoms with E-state index in [4.69, 9.17) is 0 Å². The average molecular weight is 352 g/mol. The summed E-state index contributed by atoms with van der Waals surface area (Å²) in [5.41, 5.74) is 2.66. The summed E-state index contributed by atoms with van der Waals surface area (Å²) >= 11 is 1.42. The van der Waals surface area contributed by atoms with Gasteiger partial charge in [0.25, 0.3) is 5.91 Å². The van der Waals surface area contributed by atoms with Gasteiger partial charge in [0.1, 0.15) is 5.82 Å². The molecule has 0 aliphatic rings. The van der Waals surface area contributed by atoms with Crippen molar-refractivity contribution >= 4 is 32.6 Å². The number of nitrogens with one attached hydrogen (secondary N) is 1. The van der Waals surface area contributed by atoms with Crippen LogP contribution in [0.25, 0.3) is 15.9 Å². The summed E-state index contributed by atoms with van der Waals surface area (Å²) in [6, 6.07) is 13.6. The van der Waals surface area contributed by atoms with Crippen molar-refractivity contribution < 1.29 is 9.18 Å². The summed E-state index contributed by atoms with van der Waals surface area (Å²) in [4.78, 5) is 17.0. The molecule has 1 amide bonds. The number of nitrogens with zero attached hydrogens (tertiary/aromatic N) is 3. The number of fused-ring (bicyclic) bond motifs is 1. The van der Waals surface area contributed by atoms with Gasteiger partial charge in [0.2, 0.25) is 0 Å². The summed E-state index contributed by atoms with van der Waals surface area (Å²) in [6.45, 7) is 1.80. The lowest BCUT2D eigenvalue weighted by Gasteiger charge is -2.05. The zero-order chi connectivity index (χ0) is 17.4. The van der Waals surface area contributed by atoms with Crippen LogP contribution in [0.4, 0.5) is 9.52 Å². The second-order valence-corrected chi connectivity index (χ2v) is 6.50. The number of hydrogen-bond donors (Lipinski definition) is 1. The van der Waals surface area contributed by atoms with E-state index in [0.29, 0.717) is 22.1 Å². The van der Waals surface area contributed by atoms with Crippen LogP contribution in [0.15, 0.2) is 54.7 Å². The van der Waals surface area contributed by atoms with Gasteiger partial charge in [-0.1, -0.05) is 23.5 Å². The number of para-hydroxylation sites is 1. The molecule has 0 saturated carbocycles. The average Bonchev–Trinajstić information content (AvgIpc) is 3.18. The predicted octanol–water partition coefficient (Wildman–Crippen LogP) is 4.18. The monoisotopic (exact) mass is 352 g/mol. The van der Waals surface area contributed by atoms with Crippen molar-refractivity contribution in [2.24, 2.45) is 0 Å². The minimum Gasteiger partial charge on any atom is -0.298 e. The van der Waals surface area contributed by atoms with Crippen molar-refractivity contribution in [1.29, 1.82) is 0 Å². The van der Waals surface area contributed by atoms with Gasteiger partial charge in [-0.3, -0.25) is 10.1 Å². The molecule has 4 rings (SSSR count). The first-order valence-electron chi connectivity index (χ1n) is 7.59. The highest BCUT2D eigenvalue weighted by Crippen LogP contribution is 2.26. The van der Waals surface area contributed by atoms with Crippen LogP contribution < -0.4 is 5.32 Å². The molecule has 0 atom stereocenters. The number of benzene rings is 2. The van der Waals surface area contributed by atoms with Gasteiger partial charge < -0.3 is 0 Å². The Kier molecular flexibility index (Phi) is 3.77. The molecule has 0 radical (unpaired) electrons. The Balaban J connectivity index is 1.61. The number of carbonyl (C=O) groups excluding carboxylic acids is 1. The smallest absolute Gasteiger partial charge is 0.260 e. The molecular formula is C18H13FN4OS. The maximum atomic E-state index is 13.1. The van der Waals surface area contributed by atoms with Crippen LogP contribution in [0.2, 0.25) is 0 Å². The van der Waals surface area contributed by atoms with Crippen LogP contribution in [0.5, 0.6) is 0 Å². The molecule has 0 saturated heterocycles. The third-order valence-electron chi connectivity index (χ3n) is 3.84. The molecule has 0 spiro atoms. The molecule has 0 bridgehead atoms. The summed E-state index contributed by atoms with van der Waals surface area (Å²) in [5.74, 6) is -0.590.